The lowest BCUT2D eigenvalue weighted by Crippen LogP contribution is -2.44. The van der Waals surface area contributed by atoms with Crippen LogP contribution in [0.4, 0.5) is 0 Å². The summed E-state index contributed by atoms with van der Waals surface area (Å²) in [4.78, 5) is 20.0. The Morgan fingerprint density at radius 1 is 1.62 bits per heavy atom. The molecule has 6 heteroatoms. The Labute approximate surface area is 78.2 Å². The van der Waals surface area contributed by atoms with E-state index in [-0.39, 0.29) is 18.1 Å². The first-order valence-corrected chi connectivity index (χ1v) is 6.36. The molecule has 2 atom stereocenters. The quantitative estimate of drug-likeness (QED) is 0.564. The van der Waals surface area contributed by atoms with Crippen LogP contribution in [0.5, 0.6) is 0 Å². The van der Waals surface area contributed by atoms with E-state index in [1.165, 1.54) is 6.66 Å². The SMILES string of the molecule is CC(C)[C@H](N)C(=O)NCP(C)(=O)O. The molecule has 0 fully saturated rings. The van der Waals surface area contributed by atoms with E-state index in [0.717, 1.165) is 0 Å². The topological polar surface area (TPSA) is 92.4 Å². The van der Waals surface area contributed by atoms with Gasteiger partial charge in [0.05, 0.1) is 12.3 Å². The fourth-order valence-corrected chi connectivity index (χ4v) is 1.09. The second-order valence-corrected chi connectivity index (χ2v) is 5.94. The summed E-state index contributed by atoms with van der Waals surface area (Å²) in [6.07, 6.45) is -0.216. The van der Waals surface area contributed by atoms with Gasteiger partial charge in [-0.3, -0.25) is 9.36 Å². The van der Waals surface area contributed by atoms with Crippen molar-refractivity contribution in [3.05, 3.63) is 0 Å². The van der Waals surface area contributed by atoms with Crippen molar-refractivity contribution in [1.82, 2.24) is 5.32 Å². The molecule has 0 aromatic rings. The van der Waals surface area contributed by atoms with Crippen LogP contribution in [0.2, 0.25) is 0 Å². The lowest BCUT2D eigenvalue weighted by Gasteiger charge is -2.15. The number of rotatable bonds is 4. The van der Waals surface area contributed by atoms with E-state index in [0.29, 0.717) is 0 Å². The van der Waals surface area contributed by atoms with Crippen molar-refractivity contribution in [2.24, 2.45) is 11.7 Å². The Bertz CT molecular complexity index is 224. The van der Waals surface area contributed by atoms with Crippen LogP contribution >= 0.6 is 7.37 Å². The molecule has 0 aliphatic rings. The average Bonchev–Trinajstić information content (AvgIpc) is 1.97. The van der Waals surface area contributed by atoms with Gasteiger partial charge in [0.1, 0.15) is 0 Å². The van der Waals surface area contributed by atoms with Gasteiger partial charge < -0.3 is 15.9 Å². The largest absolute Gasteiger partial charge is 0.345 e. The molecule has 0 aromatic heterocycles. The minimum Gasteiger partial charge on any atom is -0.345 e. The van der Waals surface area contributed by atoms with Crippen LogP contribution in [-0.2, 0) is 9.36 Å². The molecular formula is C7H17N2O3P. The van der Waals surface area contributed by atoms with Crippen molar-refractivity contribution in [3.8, 4) is 0 Å². The van der Waals surface area contributed by atoms with Gasteiger partial charge in [-0.15, -0.1) is 0 Å². The highest BCUT2D eigenvalue weighted by Crippen LogP contribution is 2.32. The van der Waals surface area contributed by atoms with Gasteiger partial charge in [-0.05, 0) is 5.92 Å². The highest BCUT2D eigenvalue weighted by molar-refractivity contribution is 7.57. The zero-order valence-corrected chi connectivity index (χ0v) is 9.04. The Morgan fingerprint density at radius 2 is 2.08 bits per heavy atom. The normalized spacial score (nSPS) is 18.0. The van der Waals surface area contributed by atoms with Crippen molar-refractivity contribution in [2.45, 2.75) is 19.9 Å². The third kappa shape index (κ3) is 5.80. The van der Waals surface area contributed by atoms with Crippen LogP contribution in [0, 0.1) is 5.92 Å². The van der Waals surface area contributed by atoms with Crippen molar-refractivity contribution in [3.63, 3.8) is 0 Å². The summed E-state index contributed by atoms with van der Waals surface area (Å²) in [5.74, 6) is -0.360. The van der Waals surface area contributed by atoms with E-state index in [1.54, 1.807) is 0 Å². The standard InChI is InChI=1S/C7H17N2O3P/c1-5(2)6(8)7(10)9-4-13(3,11)12/h5-6H,4,8H2,1-3H3,(H,9,10)(H,11,12)/t6-/m0/s1. The first-order chi connectivity index (χ1) is 5.74. The number of amides is 1. The molecule has 5 nitrogen and oxygen atoms in total. The molecule has 0 spiro atoms. The van der Waals surface area contributed by atoms with Crippen molar-refractivity contribution in [1.29, 1.82) is 0 Å². The summed E-state index contributed by atoms with van der Waals surface area (Å²) in [5, 5.41) is 2.33. The zero-order valence-electron chi connectivity index (χ0n) is 8.15. The van der Waals surface area contributed by atoms with Crippen molar-refractivity contribution in [2.75, 3.05) is 13.0 Å². The fraction of sp³-hybridized carbons (Fsp3) is 0.857. The smallest absolute Gasteiger partial charge is 0.237 e. The maximum atomic E-state index is 11.2. The third-order valence-corrected chi connectivity index (χ3v) is 2.31. The van der Waals surface area contributed by atoms with Crippen molar-refractivity contribution >= 4 is 13.3 Å². The second-order valence-electron chi connectivity index (χ2n) is 3.52. The lowest BCUT2D eigenvalue weighted by molar-refractivity contribution is -0.122. The molecule has 0 aliphatic carbocycles. The fourth-order valence-electron chi connectivity index (χ4n) is 0.645. The van der Waals surface area contributed by atoms with Gasteiger partial charge in [-0.1, -0.05) is 13.8 Å². The van der Waals surface area contributed by atoms with Gasteiger partial charge in [0.15, 0.2) is 0 Å². The van der Waals surface area contributed by atoms with E-state index in [4.69, 9.17) is 10.6 Å². The van der Waals surface area contributed by atoms with Crippen LogP contribution < -0.4 is 11.1 Å². The molecule has 0 aliphatic heterocycles. The third-order valence-electron chi connectivity index (χ3n) is 1.57. The number of carbonyl (C=O) groups is 1. The number of hydrogen-bond donors (Lipinski definition) is 3. The van der Waals surface area contributed by atoms with Gasteiger partial charge in [0.25, 0.3) is 0 Å². The molecule has 0 bridgehead atoms. The van der Waals surface area contributed by atoms with Gasteiger partial charge in [0, 0.05) is 6.66 Å². The second kappa shape index (κ2) is 4.74. The van der Waals surface area contributed by atoms with Crippen molar-refractivity contribution < 1.29 is 14.3 Å². The van der Waals surface area contributed by atoms with E-state index >= 15 is 0 Å². The molecule has 78 valence electrons. The highest BCUT2D eigenvalue weighted by Gasteiger charge is 2.19. The number of carbonyl (C=O) groups excluding carboxylic acids is 1. The van der Waals surface area contributed by atoms with E-state index < -0.39 is 13.4 Å². The Balaban J connectivity index is 3.96. The zero-order chi connectivity index (χ0) is 10.6. The summed E-state index contributed by atoms with van der Waals surface area (Å²) in [6.45, 7) is 4.82. The van der Waals surface area contributed by atoms with Gasteiger partial charge in [-0.2, -0.15) is 0 Å². The minimum atomic E-state index is -3.18. The molecule has 1 unspecified atom stereocenters. The summed E-state index contributed by atoms with van der Waals surface area (Å²) >= 11 is 0. The first kappa shape index (κ1) is 12.6. The van der Waals surface area contributed by atoms with E-state index in [1.807, 2.05) is 13.8 Å². The highest BCUT2D eigenvalue weighted by atomic mass is 31.2. The molecule has 0 rings (SSSR count). The molecular weight excluding hydrogens is 191 g/mol. The number of nitrogens with two attached hydrogens (primary N) is 1. The van der Waals surface area contributed by atoms with E-state index in [2.05, 4.69) is 5.32 Å². The van der Waals surface area contributed by atoms with Crippen LogP contribution in [0.1, 0.15) is 13.8 Å². The molecule has 0 aromatic carbocycles. The Morgan fingerprint density at radius 3 is 2.38 bits per heavy atom. The summed E-state index contributed by atoms with van der Waals surface area (Å²) in [6, 6.07) is -0.619. The predicted octanol–water partition coefficient (Wildman–Crippen LogP) is -0.0564. The van der Waals surface area contributed by atoms with Gasteiger partial charge in [0.2, 0.25) is 13.3 Å². The number of nitrogens with one attached hydrogen (secondary N) is 1. The van der Waals surface area contributed by atoms with Crippen LogP contribution in [-0.4, -0.2) is 29.8 Å². The molecule has 4 N–H and O–H groups in total. The molecule has 0 radical (unpaired) electrons. The molecule has 0 saturated heterocycles. The molecule has 13 heavy (non-hydrogen) atoms. The Hall–Kier alpha value is -0.380. The Kier molecular flexibility index (Phi) is 4.61. The van der Waals surface area contributed by atoms with Gasteiger partial charge in [-0.25, -0.2) is 0 Å². The van der Waals surface area contributed by atoms with Crippen LogP contribution in [0.15, 0.2) is 0 Å². The molecule has 1 amide bonds. The monoisotopic (exact) mass is 208 g/mol. The maximum Gasteiger partial charge on any atom is 0.237 e. The predicted molar refractivity (Wildman–Crippen MR) is 51.6 cm³/mol. The molecule has 0 heterocycles. The minimum absolute atomic E-state index is 0.0231. The van der Waals surface area contributed by atoms with Crippen LogP contribution in [0.3, 0.4) is 0 Å². The van der Waals surface area contributed by atoms with Gasteiger partial charge >= 0.3 is 0 Å². The average molecular weight is 208 g/mol. The number of hydrogen-bond acceptors (Lipinski definition) is 3. The van der Waals surface area contributed by atoms with E-state index in [9.17, 15) is 9.36 Å². The maximum absolute atomic E-state index is 11.2. The van der Waals surface area contributed by atoms with Crippen LogP contribution in [0.25, 0.3) is 0 Å². The summed E-state index contributed by atoms with van der Waals surface area (Å²) in [5.41, 5.74) is 5.51. The summed E-state index contributed by atoms with van der Waals surface area (Å²) < 4.78 is 10.8. The first-order valence-electron chi connectivity index (χ1n) is 4.06. The molecule has 0 saturated carbocycles. The summed E-state index contributed by atoms with van der Waals surface area (Å²) in [7, 11) is -3.18. The lowest BCUT2D eigenvalue weighted by atomic mass is 10.1.